The van der Waals surface area contributed by atoms with Gasteiger partial charge in [-0.25, -0.2) is 0 Å². The predicted molar refractivity (Wildman–Crippen MR) is 112 cm³/mol. The van der Waals surface area contributed by atoms with Gasteiger partial charge in [-0.15, -0.1) is 11.8 Å². The van der Waals surface area contributed by atoms with Gasteiger partial charge in [0.2, 0.25) is 17.7 Å². The molecule has 3 rings (SSSR count). The SMILES string of the molecule is CCc1ccccc1NC(=O)CNC(=O)CC1Sc2ccc(C(F)(F)F)cc2NC1=O. The second kappa shape index (κ2) is 9.42. The van der Waals surface area contributed by atoms with Crippen LogP contribution in [0.3, 0.4) is 0 Å². The van der Waals surface area contributed by atoms with E-state index in [4.69, 9.17) is 0 Å². The van der Waals surface area contributed by atoms with Crippen molar-refractivity contribution in [3.63, 3.8) is 0 Å². The van der Waals surface area contributed by atoms with Crippen LogP contribution in [0.15, 0.2) is 47.4 Å². The van der Waals surface area contributed by atoms with Gasteiger partial charge in [-0.1, -0.05) is 25.1 Å². The number of halogens is 3. The molecule has 3 N–H and O–H groups in total. The summed E-state index contributed by atoms with van der Waals surface area (Å²) in [5, 5.41) is 6.80. The smallest absolute Gasteiger partial charge is 0.347 e. The topological polar surface area (TPSA) is 87.3 Å². The maximum atomic E-state index is 12.8. The van der Waals surface area contributed by atoms with Crippen molar-refractivity contribution in [3.05, 3.63) is 53.6 Å². The third-order valence-corrected chi connectivity index (χ3v) is 5.89. The van der Waals surface area contributed by atoms with Crippen LogP contribution in [-0.2, 0) is 27.0 Å². The summed E-state index contributed by atoms with van der Waals surface area (Å²) < 4.78 is 38.5. The minimum absolute atomic E-state index is 0.0652. The highest BCUT2D eigenvalue weighted by atomic mass is 32.2. The van der Waals surface area contributed by atoms with Crippen molar-refractivity contribution in [1.29, 1.82) is 0 Å². The van der Waals surface area contributed by atoms with E-state index >= 15 is 0 Å². The minimum atomic E-state index is -4.51. The van der Waals surface area contributed by atoms with Gasteiger partial charge in [0.1, 0.15) is 0 Å². The third kappa shape index (κ3) is 5.78. The average Bonchev–Trinajstić information content (AvgIpc) is 2.72. The second-order valence-corrected chi connectivity index (χ2v) is 8.09. The van der Waals surface area contributed by atoms with Crippen LogP contribution >= 0.6 is 11.8 Å². The molecule has 1 unspecified atom stereocenters. The Morgan fingerprint density at radius 1 is 1.13 bits per heavy atom. The predicted octanol–water partition coefficient (Wildman–Crippen LogP) is 3.83. The molecular formula is C21H20F3N3O3S. The second-order valence-electron chi connectivity index (χ2n) is 6.84. The molecule has 10 heteroatoms. The fraction of sp³-hybridized carbons (Fsp3) is 0.286. The number of carbonyl (C=O) groups excluding carboxylic acids is 3. The molecule has 0 spiro atoms. The van der Waals surface area contributed by atoms with Crippen LogP contribution in [0, 0.1) is 0 Å². The average molecular weight is 451 g/mol. The Hall–Kier alpha value is -3.01. The van der Waals surface area contributed by atoms with E-state index in [1.54, 1.807) is 12.1 Å². The Bertz CT molecular complexity index is 1010. The van der Waals surface area contributed by atoms with Gasteiger partial charge in [-0.2, -0.15) is 13.2 Å². The highest BCUT2D eigenvalue weighted by Gasteiger charge is 2.34. The lowest BCUT2D eigenvalue weighted by Gasteiger charge is -2.24. The van der Waals surface area contributed by atoms with Crippen LogP contribution in [0.4, 0.5) is 24.5 Å². The van der Waals surface area contributed by atoms with Crippen molar-refractivity contribution in [2.75, 3.05) is 17.2 Å². The zero-order valence-electron chi connectivity index (χ0n) is 16.5. The number of anilines is 2. The first-order valence-corrected chi connectivity index (χ1v) is 10.4. The standard InChI is InChI=1S/C21H20F3N3O3S/c1-2-12-5-3-4-6-14(12)26-19(29)11-25-18(28)10-17-20(30)27-15-9-13(21(22,23)24)7-8-16(15)31-17/h3-9,17H,2,10-11H2,1H3,(H,25,28)(H,26,29)(H,27,30). The van der Waals surface area contributed by atoms with Gasteiger partial charge in [0.25, 0.3) is 0 Å². The molecule has 1 aliphatic rings. The Morgan fingerprint density at radius 2 is 1.87 bits per heavy atom. The molecule has 0 saturated carbocycles. The summed E-state index contributed by atoms with van der Waals surface area (Å²) in [5.74, 6) is -1.48. The molecule has 1 atom stereocenters. The number of hydrogen-bond acceptors (Lipinski definition) is 4. The molecule has 1 aliphatic heterocycles. The molecule has 0 fully saturated rings. The molecule has 0 radical (unpaired) electrons. The summed E-state index contributed by atoms with van der Waals surface area (Å²) in [6.45, 7) is 1.70. The van der Waals surface area contributed by atoms with Crippen LogP contribution in [0.5, 0.6) is 0 Å². The maximum Gasteiger partial charge on any atom is 0.416 e. The zero-order valence-corrected chi connectivity index (χ0v) is 17.3. The fourth-order valence-electron chi connectivity index (χ4n) is 3.03. The van der Waals surface area contributed by atoms with Crippen molar-refractivity contribution in [3.8, 4) is 0 Å². The van der Waals surface area contributed by atoms with E-state index in [1.807, 2.05) is 19.1 Å². The summed E-state index contributed by atoms with van der Waals surface area (Å²) in [6, 6.07) is 10.4. The molecule has 0 saturated heterocycles. The molecule has 2 aromatic rings. The summed E-state index contributed by atoms with van der Waals surface area (Å²) in [5.41, 5.74) is 0.834. The summed E-state index contributed by atoms with van der Waals surface area (Å²) >= 11 is 1.01. The first-order valence-electron chi connectivity index (χ1n) is 9.50. The van der Waals surface area contributed by atoms with E-state index in [0.717, 1.165) is 35.9 Å². The molecule has 2 aromatic carbocycles. The summed E-state index contributed by atoms with van der Waals surface area (Å²) in [4.78, 5) is 37.0. The van der Waals surface area contributed by atoms with Gasteiger partial charge in [0, 0.05) is 17.0 Å². The molecular weight excluding hydrogens is 431 g/mol. The fourth-order valence-corrected chi connectivity index (χ4v) is 4.12. The normalized spacial score (nSPS) is 15.6. The lowest BCUT2D eigenvalue weighted by atomic mass is 10.1. The summed E-state index contributed by atoms with van der Waals surface area (Å²) in [6.07, 6.45) is -3.99. The number of alkyl halides is 3. The van der Waals surface area contributed by atoms with Gasteiger partial charge in [-0.3, -0.25) is 14.4 Å². The number of para-hydroxylation sites is 1. The Morgan fingerprint density at radius 3 is 2.58 bits per heavy atom. The van der Waals surface area contributed by atoms with Crippen molar-refractivity contribution in [2.45, 2.75) is 36.1 Å². The molecule has 3 amide bonds. The first-order chi connectivity index (χ1) is 14.7. The van der Waals surface area contributed by atoms with E-state index in [1.165, 1.54) is 6.07 Å². The van der Waals surface area contributed by atoms with Gasteiger partial charge in [-0.05, 0) is 36.2 Å². The number of nitrogens with one attached hydrogen (secondary N) is 3. The van der Waals surface area contributed by atoms with Gasteiger partial charge in [0.05, 0.1) is 23.0 Å². The van der Waals surface area contributed by atoms with E-state index in [9.17, 15) is 27.6 Å². The van der Waals surface area contributed by atoms with E-state index in [0.29, 0.717) is 10.6 Å². The Labute approximate surface area is 181 Å². The molecule has 0 bridgehead atoms. The largest absolute Gasteiger partial charge is 0.416 e. The number of fused-ring (bicyclic) bond motifs is 1. The third-order valence-electron chi connectivity index (χ3n) is 4.62. The highest BCUT2D eigenvalue weighted by Crippen LogP contribution is 2.40. The highest BCUT2D eigenvalue weighted by molar-refractivity contribution is 8.01. The van der Waals surface area contributed by atoms with Crippen LogP contribution in [-0.4, -0.2) is 29.5 Å². The number of carbonyl (C=O) groups is 3. The van der Waals surface area contributed by atoms with Crippen LogP contribution < -0.4 is 16.0 Å². The van der Waals surface area contributed by atoms with Gasteiger partial charge >= 0.3 is 6.18 Å². The van der Waals surface area contributed by atoms with Gasteiger partial charge < -0.3 is 16.0 Å². The first kappa shape index (κ1) is 22.7. The van der Waals surface area contributed by atoms with Crippen molar-refractivity contribution >= 4 is 40.9 Å². The lowest BCUT2D eigenvalue weighted by Crippen LogP contribution is -2.38. The monoisotopic (exact) mass is 451 g/mol. The van der Waals surface area contributed by atoms with E-state index < -0.39 is 34.7 Å². The number of hydrogen-bond donors (Lipinski definition) is 3. The van der Waals surface area contributed by atoms with Gasteiger partial charge in [0.15, 0.2) is 0 Å². The van der Waals surface area contributed by atoms with Crippen molar-refractivity contribution in [2.24, 2.45) is 0 Å². The molecule has 1 heterocycles. The maximum absolute atomic E-state index is 12.8. The van der Waals surface area contributed by atoms with Crippen LogP contribution in [0.2, 0.25) is 0 Å². The van der Waals surface area contributed by atoms with Crippen molar-refractivity contribution in [1.82, 2.24) is 5.32 Å². The number of thioether (sulfide) groups is 1. The number of amides is 3. The summed E-state index contributed by atoms with van der Waals surface area (Å²) in [7, 11) is 0. The molecule has 164 valence electrons. The minimum Gasteiger partial charge on any atom is -0.347 e. The van der Waals surface area contributed by atoms with E-state index in [-0.39, 0.29) is 18.7 Å². The Kier molecular flexibility index (Phi) is 6.89. The molecule has 31 heavy (non-hydrogen) atoms. The number of rotatable bonds is 6. The van der Waals surface area contributed by atoms with Crippen molar-refractivity contribution < 1.29 is 27.6 Å². The zero-order chi connectivity index (χ0) is 22.6. The number of aryl methyl sites for hydroxylation is 1. The molecule has 0 aromatic heterocycles. The van der Waals surface area contributed by atoms with E-state index in [2.05, 4.69) is 16.0 Å². The molecule has 0 aliphatic carbocycles. The number of benzene rings is 2. The van der Waals surface area contributed by atoms with Crippen LogP contribution in [0.1, 0.15) is 24.5 Å². The quantitative estimate of drug-likeness (QED) is 0.623. The van der Waals surface area contributed by atoms with Crippen LogP contribution in [0.25, 0.3) is 0 Å². The molecule has 6 nitrogen and oxygen atoms in total. The lowest BCUT2D eigenvalue weighted by molar-refractivity contribution is -0.137. The Balaban J connectivity index is 1.54.